The lowest BCUT2D eigenvalue weighted by molar-refractivity contribution is -0.185. The highest BCUT2D eigenvalue weighted by atomic mass is 32.2. The van der Waals surface area contributed by atoms with E-state index < -0.39 is 17.7 Å². The average molecular weight is 330 g/mol. The highest BCUT2D eigenvalue weighted by Gasteiger charge is 2.39. The third-order valence-electron chi connectivity index (χ3n) is 4.38. The maximum Gasteiger partial charge on any atom is 0.346 e. The van der Waals surface area contributed by atoms with Crippen LogP contribution in [0, 0.1) is 17.8 Å². The number of rotatable bonds is 4. The molecule has 0 bridgehead atoms. The molecule has 6 heteroatoms. The minimum Gasteiger partial charge on any atom is -0.459 e. The second-order valence-electron chi connectivity index (χ2n) is 6.64. The lowest BCUT2D eigenvalue weighted by Gasteiger charge is -2.37. The Morgan fingerprint density at radius 1 is 1.23 bits per heavy atom. The number of hydrogen-bond acceptors (Lipinski definition) is 6. The molecular weight excluding hydrogens is 304 g/mol. The molecule has 0 aromatic heterocycles. The molecule has 1 aliphatic heterocycles. The summed E-state index contributed by atoms with van der Waals surface area (Å²) in [5, 5.41) is 0. The van der Waals surface area contributed by atoms with Gasteiger partial charge in [-0.15, -0.1) is 11.8 Å². The monoisotopic (exact) mass is 330 g/mol. The zero-order valence-corrected chi connectivity index (χ0v) is 14.6. The summed E-state index contributed by atoms with van der Waals surface area (Å²) >= 11 is 1.33. The van der Waals surface area contributed by atoms with Crippen LogP contribution in [-0.4, -0.2) is 35.5 Å². The Bertz CT molecular complexity index is 411. The molecule has 22 heavy (non-hydrogen) atoms. The molecule has 1 heterocycles. The maximum atomic E-state index is 12.3. The Balaban J connectivity index is 1.88. The Morgan fingerprint density at radius 3 is 2.59 bits per heavy atom. The summed E-state index contributed by atoms with van der Waals surface area (Å²) in [6, 6.07) is 0. The van der Waals surface area contributed by atoms with Crippen molar-refractivity contribution in [1.29, 1.82) is 0 Å². The fourth-order valence-corrected chi connectivity index (χ4v) is 4.08. The molecule has 0 aromatic rings. The SMILES string of the molecule is CC(=O)O[C@H]1CS[C@H](C(=O)OC2C[C@H](C)CC[C@H]2C(C)C)O1. The minimum atomic E-state index is -0.686. The van der Waals surface area contributed by atoms with Gasteiger partial charge in [-0.2, -0.15) is 0 Å². The van der Waals surface area contributed by atoms with E-state index in [9.17, 15) is 9.59 Å². The van der Waals surface area contributed by atoms with Gasteiger partial charge in [-0.3, -0.25) is 4.79 Å². The van der Waals surface area contributed by atoms with Crippen LogP contribution < -0.4 is 0 Å². The molecule has 1 aliphatic carbocycles. The Kier molecular flexibility index (Phi) is 6.15. The molecule has 1 saturated heterocycles. The van der Waals surface area contributed by atoms with Gasteiger partial charge in [-0.05, 0) is 30.6 Å². The summed E-state index contributed by atoms with van der Waals surface area (Å²) in [7, 11) is 0. The molecule has 0 aromatic carbocycles. The number of carbonyl (C=O) groups excluding carboxylic acids is 2. The predicted molar refractivity (Wildman–Crippen MR) is 84.1 cm³/mol. The topological polar surface area (TPSA) is 61.8 Å². The second kappa shape index (κ2) is 7.68. The molecular formula is C16H26O5S. The van der Waals surface area contributed by atoms with Crippen LogP contribution in [0.3, 0.4) is 0 Å². The molecule has 0 spiro atoms. The number of ether oxygens (including phenoxy) is 3. The Hall–Kier alpha value is -0.750. The van der Waals surface area contributed by atoms with Gasteiger partial charge in [0.2, 0.25) is 11.7 Å². The molecule has 2 aliphatic rings. The average Bonchev–Trinajstić information content (AvgIpc) is 2.86. The first-order valence-corrected chi connectivity index (χ1v) is 9.06. The van der Waals surface area contributed by atoms with E-state index in [4.69, 9.17) is 14.2 Å². The quantitative estimate of drug-likeness (QED) is 0.739. The van der Waals surface area contributed by atoms with E-state index in [1.807, 2.05) is 0 Å². The summed E-state index contributed by atoms with van der Waals surface area (Å²) in [4.78, 5) is 23.2. The van der Waals surface area contributed by atoms with Crippen LogP contribution in [0.4, 0.5) is 0 Å². The molecule has 1 unspecified atom stereocenters. The van der Waals surface area contributed by atoms with E-state index in [0.29, 0.717) is 23.5 Å². The second-order valence-corrected chi connectivity index (χ2v) is 7.74. The molecule has 1 saturated carbocycles. The van der Waals surface area contributed by atoms with Gasteiger partial charge in [0.15, 0.2) is 0 Å². The first kappa shape index (κ1) is 17.6. The lowest BCUT2D eigenvalue weighted by atomic mass is 9.75. The van der Waals surface area contributed by atoms with Crippen LogP contribution in [-0.2, 0) is 23.8 Å². The normalized spacial score (nSPS) is 35.4. The molecule has 0 amide bonds. The van der Waals surface area contributed by atoms with Gasteiger partial charge < -0.3 is 14.2 Å². The van der Waals surface area contributed by atoms with Gasteiger partial charge in [-0.25, -0.2) is 4.79 Å². The first-order valence-electron chi connectivity index (χ1n) is 8.01. The van der Waals surface area contributed by atoms with Crippen molar-refractivity contribution in [3.8, 4) is 0 Å². The van der Waals surface area contributed by atoms with Crippen LogP contribution in [0.2, 0.25) is 0 Å². The van der Waals surface area contributed by atoms with E-state index in [1.54, 1.807) is 0 Å². The van der Waals surface area contributed by atoms with E-state index >= 15 is 0 Å². The zero-order chi connectivity index (χ0) is 16.3. The number of hydrogen-bond donors (Lipinski definition) is 0. The largest absolute Gasteiger partial charge is 0.459 e. The third-order valence-corrected chi connectivity index (χ3v) is 5.45. The van der Waals surface area contributed by atoms with Crippen molar-refractivity contribution >= 4 is 23.7 Å². The predicted octanol–water partition coefficient (Wildman–Crippen LogP) is 2.97. The molecule has 5 nitrogen and oxygen atoms in total. The van der Waals surface area contributed by atoms with E-state index in [0.717, 1.165) is 12.8 Å². The van der Waals surface area contributed by atoms with Gasteiger partial charge in [0.05, 0.1) is 5.75 Å². The van der Waals surface area contributed by atoms with E-state index in [-0.39, 0.29) is 12.1 Å². The number of carbonyl (C=O) groups is 2. The Morgan fingerprint density at radius 2 is 1.95 bits per heavy atom. The van der Waals surface area contributed by atoms with Crippen molar-refractivity contribution in [3.63, 3.8) is 0 Å². The van der Waals surface area contributed by atoms with Gasteiger partial charge in [0.25, 0.3) is 0 Å². The molecule has 5 atom stereocenters. The molecule has 0 radical (unpaired) electrons. The number of thioether (sulfide) groups is 1. The number of esters is 2. The van der Waals surface area contributed by atoms with E-state index in [1.165, 1.54) is 25.1 Å². The van der Waals surface area contributed by atoms with Crippen LogP contribution in [0.15, 0.2) is 0 Å². The van der Waals surface area contributed by atoms with Crippen molar-refractivity contribution in [2.24, 2.45) is 17.8 Å². The smallest absolute Gasteiger partial charge is 0.346 e. The highest BCUT2D eigenvalue weighted by molar-refractivity contribution is 8.00. The van der Waals surface area contributed by atoms with E-state index in [2.05, 4.69) is 20.8 Å². The van der Waals surface area contributed by atoms with Crippen LogP contribution in [0.1, 0.15) is 47.0 Å². The van der Waals surface area contributed by atoms with Gasteiger partial charge >= 0.3 is 11.9 Å². The van der Waals surface area contributed by atoms with Crippen LogP contribution >= 0.6 is 11.8 Å². The molecule has 0 N–H and O–H groups in total. The fraction of sp³-hybridized carbons (Fsp3) is 0.875. The zero-order valence-electron chi connectivity index (χ0n) is 13.7. The first-order chi connectivity index (χ1) is 10.4. The minimum absolute atomic E-state index is 0.0341. The summed E-state index contributed by atoms with van der Waals surface area (Å²) in [6.07, 6.45) is 2.53. The molecule has 126 valence electrons. The van der Waals surface area contributed by atoms with Crippen molar-refractivity contribution in [2.45, 2.75) is 64.8 Å². The van der Waals surface area contributed by atoms with Crippen molar-refractivity contribution < 1.29 is 23.8 Å². The Labute approximate surface area is 136 Å². The molecule has 2 fully saturated rings. The summed E-state index contributed by atoms with van der Waals surface area (Å²) in [6.45, 7) is 7.89. The maximum absolute atomic E-state index is 12.3. The molecule has 2 rings (SSSR count). The van der Waals surface area contributed by atoms with Crippen molar-refractivity contribution in [3.05, 3.63) is 0 Å². The highest BCUT2D eigenvalue weighted by Crippen LogP contribution is 2.36. The summed E-state index contributed by atoms with van der Waals surface area (Å²) in [5.41, 5.74) is -0.686. The van der Waals surface area contributed by atoms with Gasteiger partial charge in [-0.1, -0.05) is 27.2 Å². The third kappa shape index (κ3) is 4.62. The lowest BCUT2D eigenvalue weighted by Crippen LogP contribution is -2.38. The summed E-state index contributed by atoms with van der Waals surface area (Å²) < 4.78 is 16.2. The van der Waals surface area contributed by atoms with Gasteiger partial charge in [0.1, 0.15) is 6.10 Å². The van der Waals surface area contributed by atoms with Gasteiger partial charge in [0, 0.05) is 6.92 Å². The van der Waals surface area contributed by atoms with Crippen LogP contribution in [0.25, 0.3) is 0 Å². The van der Waals surface area contributed by atoms with Crippen molar-refractivity contribution in [1.82, 2.24) is 0 Å². The fourth-order valence-electron chi connectivity index (χ4n) is 3.21. The standard InChI is InChI=1S/C16H26O5S/c1-9(2)12-6-5-10(3)7-13(12)20-15(18)16-21-14(8-22-16)19-11(4)17/h9-10,12-14,16H,5-8H2,1-4H3/t10-,12+,13?,14-,16-/m1/s1. The van der Waals surface area contributed by atoms with Crippen LogP contribution in [0.5, 0.6) is 0 Å². The summed E-state index contributed by atoms with van der Waals surface area (Å²) in [5.74, 6) is 1.21. The van der Waals surface area contributed by atoms with Crippen molar-refractivity contribution in [2.75, 3.05) is 5.75 Å².